The van der Waals surface area contributed by atoms with Gasteiger partial charge in [0.15, 0.2) is 0 Å². The summed E-state index contributed by atoms with van der Waals surface area (Å²) >= 11 is 0. The third-order valence-electron chi connectivity index (χ3n) is 4.70. The monoisotopic (exact) mass is 349 g/mol. The number of hydrogen-bond acceptors (Lipinski definition) is 3. The van der Waals surface area contributed by atoms with E-state index in [0.29, 0.717) is 39.0 Å². The molecule has 0 N–H and O–H groups in total. The number of carbonyl (C=O) groups excluding carboxylic acids is 2. The summed E-state index contributed by atoms with van der Waals surface area (Å²) in [5.74, 6) is -0.339. The van der Waals surface area contributed by atoms with Gasteiger partial charge in [-0.3, -0.25) is 9.59 Å². The predicted octanol–water partition coefficient (Wildman–Crippen LogP) is 1.94. The van der Waals surface area contributed by atoms with Gasteiger partial charge in [0, 0.05) is 39.1 Å². The van der Waals surface area contributed by atoms with Crippen molar-refractivity contribution in [1.82, 2.24) is 14.7 Å². The Balaban J connectivity index is 1.91. The third kappa shape index (κ3) is 5.26. The molecule has 1 aliphatic rings. The van der Waals surface area contributed by atoms with Crippen LogP contribution in [-0.2, 0) is 9.59 Å². The van der Waals surface area contributed by atoms with E-state index in [9.17, 15) is 14.0 Å². The summed E-state index contributed by atoms with van der Waals surface area (Å²) in [6, 6.07) is 6.16. The lowest BCUT2D eigenvalue weighted by Gasteiger charge is -2.36. The van der Waals surface area contributed by atoms with E-state index in [2.05, 4.69) is 0 Å². The Bertz CT molecular complexity index is 581. The van der Waals surface area contributed by atoms with Crippen molar-refractivity contribution in [2.75, 3.05) is 46.8 Å². The molecule has 0 bridgehead atoms. The number of nitrogens with zero attached hydrogens (tertiary/aromatic N) is 3. The summed E-state index contributed by atoms with van der Waals surface area (Å²) in [5.41, 5.74) is 0.846. The van der Waals surface area contributed by atoms with Crippen LogP contribution in [0.3, 0.4) is 0 Å². The molecule has 0 aliphatic carbocycles. The van der Waals surface area contributed by atoms with Crippen LogP contribution in [0.15, 0.2) is 24.3 Å². The molecule has 1 aromatic carbocycles. The zero-order valence-electron chi connectivity index (χ0n) is 15.4. The van der Waals surface area contributed by atoms with E-state index >= 15 is 0 Å². The fourth-order valence-electron chi connectivity index (χ4n) is 3.12. The number of halogens is 1. The molecular weight excluding hydrogens is 321 g/mol. The number of rotatable bonds is 6. The van der Waals surface area contributed by atoms with Crippen LogP contribution >= 0.6 is 0 Å². The van der Waals surface area contributed by atoms with Gasteiger partial charge in [0.05, 0.1) is 5.92 Å². The minimum absolute atomic E-state index is 0.0644. The first-order valence-corrected chi connectivity index (χ1v) is 8.89. The molecular formula is C19H28FN3O2. The minimum Gasteiger partial charge on any atom is -0.339 e. The summed E-state index contributed by atoms with van der Waals surface area (Å²) in [6.45, 7) is 4.98. The Morgan fingerprint density at radius 2 is 1.64 bits per heavy atom. The van der Waals surface area contributed by atoms with Gasteiger partial charge in [-0.2, -0.15) is 0 Å². The molecule has 0 aromatic heterocycles. The Morgan fingerprint density at radius 3 is 2.16 bits per heavy atom. The molecule has 1 saturated heterocycles. The second-order valence-electron chi connectivity index (χ2n) is 6.77. The van der Waals surface area contributed by atoms with Crippen LogP contribution < -0.4 is 0 Å². The number of piperazine rings is 1. The van der Waals surface area contributed by atoms with Crippen molar-refractivity contribution in [2.45, 2.75) is 25.7 Å². The molecule has 1 aromatic rings. The maximum absolute atomic E-state index is 13.1. The van der Waals surface area contributed by atoms with E-state index in [1.807, 2.05) is 35.7 Å². The zero-order valence-corrected chi connectivity index (χ0v) is 15.4. The molecule has 6 heteroatoms. The largest absolute Gasteiger partial charge is 0.339 e. The highest BCUT2D eigenvalue weighted by molar-refractivity contribution is 5.84. The van der Waals surface area contributed by atoms with Crippen LogP contribution in [0.2, 0.25) is 0 Å². The lowest BCUT2D eigenvalue weighted by molar-refractivity contribution is -0.140. The van der Waals surface area contributed by atoms with Crippen LogP contribution in [0, 0.1) is 5.82 Å². The first-order valence-electron chi connectivity index (χ1n) is 8.89. The van der Waals surface area contributed by atoms with Crippen molar-refractivity contribution in [3.8, 4) is 0 Å². The molecule has 138 valence electrons. The molecule has 0 spiro atoms. The summed E-state index contributed by atoms with van der Waals surface area (Å²) in [4.78, 5) is 30.7. The van der Waals surface area contributed by atoms with Gasteiger partial charge in [-0.15, -0.1) is 0 Å². The van der Waals surface area contributed by atoms with Gasteiger partial charge in [-0.05, 0) is 38.2 Å². The highest BCUT2D eigenvalue weighted by atomic mass is 19.1. The molecule has 2 amide bonds. The van der Waals surface area contributed by atoms with Crippen molar-refractivity contribution >= 4 is 11.8 Å². The Kier molecular flexibility index (Phi) is 6.93. The maximum Gasteiger partial charge on any atom is 0.230 e. The number of carbonyl (C=O) groups is 2. The Morgan fingerprint density at radius 1 is 1.08 bits per heavy atom. The highest BCUT2D eigenvalue weighted by Gasteiger charge is 2.28. The fourth-order valence-corrected chi connectivity index (χ4v) is 3.12. The molecule has 0 saturated carbocycles. The molecule has 1 unspecified atom stereocenters. The Hall–Kier alpha value is -1.95. The van der Waals surface area contributed by atoms with Gasteiger partial charge >= 0.3 is 0 Å². The molecule has 25 heavy (non-hydrogen) atoms. The zero-order chi connectivity index (χ0) is 18.4. The molecule has 2 rings (SSSR count). The van der Waals surface area contributed by atoms with E-state index in [1.54, 1.807) is 12.1 Å². The first-order chi connectivity index (χ1) is 11.9. The lowest BCUT2D eigenvalue weighted by atomic mass is 9.94. The van der Waals surface area contributed by atoms with Gasteiger partial charge in [0.2, 0.25) is 11.8 Å². The quantitative estimate of drug-likeness (QED) is 0.788. The average Bonchev–Trinajstić information content (AvgIpc) is 2.62. The smallest absolute Gasteiger partial charge is 0.230 e. The minimum atomic E-state index is -0.295. The summed E-state index contributed by atoms with van der Waals surface area (Å²) in [5, 5.41) is 0. The fraction of sp³-hybridized carbons (Fsp3) is 0.579. The van der Waals surface area contributed by atoms with E-state index < -0.39 is 0 Å². The summed E-state index contributed by atoms with van der Waals surface area (Å²) in [6.07, 6.45) is 1.18. The van der Waals surface area contributed by atoms with Crippen LogP contribution in [0.4, 0.5) is 4.39 Å². The molecule has 1 heterocycles. The van der Waals surface area contributed by atoms with Crippen LogP contribution in [0.5, 0.6) is 0 Å². The third-order valence-corrected chi connectivity index (χ3v) is 4.70. The first kappa shape index (κ1) is 19.4. The topological polar surface area (TPSA) is 43.9 Å². The van der Waals surface area contributed by atoms with E-state index in [4.69, 9.17) is 0 Å². The van der Waals surface area contributed by atoms with E-state index in [-0.39, 0.29) is 23.5 Å². The number of benzene rings is 1. The van der Waals surface area contributed by atoms with Crippen LogP contribution in [0.1, 0.15) is 31.2 Å². The van der Waals surface area contributed by atoms with Gasteiger partial charge in [-0.25, -0.2) is 4.39 Å². The van der Waals surface area contributed by atoms with Crippen molar-refractivity contribution < 1.29 is 14.0 Å². The summed E-state index contributed by atoms with van der Waals surface area (Å²) < 4.78 is 13.1. The predicted molar refractivity (Wildman–Crippen MR) is 95.8 cm³/mol. The average molecular weight is 349 g/mol. The number of amides is 2. The van der Waals surface area contributed by atoms with Crippen LogP contribution in [0.25, 0.3) is 0 Å². The van der Waals surface area contributed by atoms with Gasteiger partial charge in [-0.1, -0.05) is 19.1 Å². The molecule has 1 aliphatic heterocycles. The second kappa shape index (κ2) is 8.94. The van der Waals surface area contributed by atoms with Crippen molar-refractivity contribution in [1.29, 1.82) is 0 Å². The van der Waals surface area contributed by atoms with Gasteiger partial charge < -0.3 is 14.7 Å². The maximum atomic E-state index is 13.1. The molecule has 0 radical (unpaired) electrons. The molecule has 1 fully saturated rings. The van der Waals surface area contributed by atoms with E-state index in [0.717, 1.165) is 12.1 Å². The SMILES string of the molecule is CCC(C(=O)N1CCN(C(=O)CCN(C)C)CC1)c1ccc(F)cc1. The highest BCUT2D eigenvalue weighted by Crippen LogP contribution is 2.23. The number of hydrogen-bond donors (Lipinski definition) is 0. The molecule has 1 atom stereocenters. The van der Waals surface area contributed by atoms with Gasteiger partial charge in [0.1, 0.15) is 5.82 Å². The van der Waals surface area contributed by atoms with E-state index in [1.165, 1.54) is 12.1 Å². The van der Waals surface area contributed by atoms with Crippen molar-refractivity contribution in [3.63, 3.8) is 0 Å². The van der Waals surface area contributed by atoms with Crippen LogP contribution in [-0.4, -0.2) is 73.3 Å². The van der Waals surface area contributed by atoms with Crippen molar-refractivity contribution in [3.05, 3.63) is 35.6 Å². The molecule has 5 nitrogen and oxygen atoms in total. The van der Waals surface area contributed by atoms with Crippen molar-refractivity contribution in [2.24, 2.45) is 0 Å². The second-order valence-corrected chi connectivity index (χ2v) is 6.77. The Labute approximate surface area is 149 Å². The lowest BCUT2D eigenvalue weighted by Crippen LogP contribution is -2.51. The standard InChI is InChI=1S/C19H28FN3O2/c1-4-17(15-5-7-16(20)8-6-15)19(25)23-13-11-22(12-14-23)18(24)9-10-21(2)3/h5-8,17H,4,9-14H2,1-3H3. The summed E-state index contributed by atoms with van der Waals surface area (Å²) in [7, 11) is 3.90. The normalized spacial score (nSPS) is 16.2. The van der Waals surface area contributed by atoms with Gasteiger partial charge in [0.25, 0.3) is 0 Å².